The Balaban J connectivity index is 1.88. The Bertz CT molecular complexity index is 764. The molecule has 1 amide bonds. The highest BCUT2D eigenvalue weighted by Gasteiger charge is 2.21. The highest BCUT2D eigenvalue weighted by atomic mass is 32.2. The molecule has 1 N–H and O–H groups in total. The molecule has 0 fully saturated rings. The lowest BCUT2D eigenvalue weighted by Crippen LogP contribution is -2.30. The molecule has 2 rings (SSSR count). The van der Waals surface area contributed by atoms with Crippen LogP contribution >= 0.6 is 0 Å². The molecule has 0 unspecified atom stereocenters. The summed E-state index contributed by atoms with van der Waals surface area (Å²) in [4.78, 5) is 12.1. The van der Waals surface area contributed by atoms with Crippen LogP contribution in [0.5, 0.6) is 0 Å². The van der Waals surface area contributed by atoms with Gasteiger partial charge in [-0.1, -0.05) is 26.0 Å². The van der Waals surface area contributed by atoms with Gasteiger partial charge in [0.1, 0.15) is 5.76 Å². The third-order valence-corrected chi connectivity index (χ3v) is 6.01. The minimum Gasteiger partial charge on any atom is -0.467 e. The zero-order valence-electron chi connectivity index (χ0n) is 14.6. The number of carbonyl (C=O) groups excluding carboxylic acids is 1. The minimum atomic E-state index is -3.44. The highest BCUT2D eigenvalue weighted by Crippen LogP contribution is 2.16. The van der Waals surface area contributed by atoms with Crippen LogP contribution in [0.1, 0.15) is 31.6 Å². The molecule has 1 heterocycles. The van der Waals surface area contributed by atoms with E-state index in [9.17, 15) is 13.2 Å². The van der Waals surface area contributed by atoms with Crippen LogP contribution in [-0.2, 0) is 27.8 Å². The maximum Gasteiger partial charge on any atom is 0.243 e. The summed E-state index contributed by atoms with van der Waals surface area (Å²) in [6.07, 6.45) is 2.45. The van der Waals surface area contributed by atoms with E-state index in [1.807, 2.05) is 13.8 Å². The van der Waals surface area contributed by atoms with Gasteiger partial charge in [0.2, 0.25) is 15.9 Å². The van der Waals surface area contributed by atoms with Crippen molar-refractivity contribution >= 4 is 15.9 Å². The van der Waals surface area contributed by atoms with Gasteiger partial charge in [0.25, 0.3) is 0 Å². The molecule has 0 radical (unpaired) electrons. The van der Waals surface area contributed by atoms with Crippen molar-refractivity contribution in [3.05, 3.63) is 54.0 Å². The summed E-state index contributed by atoms with van der Waals surface area (Å²) in [6.45, 7) is 4.88. The van der Waals surface area contributed by atoms with Crippen LogP contribution in [0.15, 0.2) is 52.0 Å². The first kappa shape index (κ1) is 19.2. The number of carbonyl (C=O) groups is 1. The van der Waals surface area contributed by atoms with Crippen LogP contribution in [0.4, 0.5) is 0 Å². The summed E-state index contributed by atoms with van der Waals surface area (Å²) in [5.74, 6) is 0.635. The molecule has 0 bridgehead atoms. The molecular weight excluding hydrogens is 340 g/mol. The second-order valence-electron chi connectivity index (χ2n) is 5.59. The van der Waals surface area contributed by atoms with Crippen molar-refractivity contribution < 1.29 is 17.6 Å². The van der Waals surface area contributed by atoms with Crippen molar-refractivity contribution in [2.45, 2.75) is 38.1 Å². The number of aryl methyl sites for hydroxylation is 1. The van der Waals surface area contributed by atoms with E-state index < -0.39 is 10.0 Å². The first-order valence-electron chi connectivity index (χ1n) is 8.35. The normalized spacial score (nSPS) is 11.6. The Morgan fingerprint density at radius 3 is 2.36 bits per heavy atom. The van der Waals surface area contributed by atoms with Gasteiger partial charge in [-0.25, -0.2) is 8.42 Å². The van der Waals surface area contributed by atoms with E-state index in [0.717, 1.165) is 5.56 Å². The Hall–Kier alpha value is -2.12. The fourth-order valence-corrected chi connectivity index (χ4v) is 3.94. The summed E-state index contributed by atoms with van der Waals surface area (Å²) in [7, 11) is -3.44. The molecule has 0 saturated heterocycles. The number of hydrogen-bond acceptors (Lipinski definition) is 4. The topological polar surface area (TPSA) is 79.6 Å². The van der Waals surface area contributed by atoms with Crippen molar-refractivity contribution in [1.82, 2.24) is 9.62 Å². The quantitative estimate of drug-likeness (QED) is 0.742. The Morgan fingerprint density at radius 2 is 1.80 bits per heavy atom. The van der Waals surface area contributed by atoms with Gasteiger partial charge in [0.15, 0.2) is 0 Å². The predicted octanol–water partition coefficient (Wildman–Crippen LogP) is 2.56. The molecule has 0 aliphatic rings. The lowest BCUT2D eigenvalue weighted by Gasteiger charge is -2.18. The fourth-order valence-electron chi connectivity index (χ4n) is 2.49. The van der Waals surface area contributed by atoms with E-state index in [4.69, 9.17) is 4.42 Å². The fraction of sp³-hybridized carbons (Fsp3) is 0.389. The maximum absolute atomic E-state index is 12.4. The van der Waals surface area contributed by atoms with Crippen molar-refractivity contribution in [1.29, 1.82) is 0 Å². The number of nitrogens with one attached hydrogen (secondary N) is 1. The zero-order valence-corrected chi connectivity index (χ0v) is 15.4. The van der Waals surface area contributed by atoms with Gasteiger partial charge in [-0.2, -0.15) is 4.31 Å². The zero-order chi connectivity index (χ0) is 18.3. The predicted molar refractivity (Wildman–Crippen MR) is 95.4 cm³/mol. The van der Waals surface area contributed by atoms with Gasteiger partial charge in [-0.15, -0.1) is 0 Å². The lowest BCUT2D eigenvalue weighted by atomic mass is 10.1. The molecule has 0 saturated carbocycles. The van der Waals surface area contributed by atoms with Gasteiger partial charge in [0.05, 0.1) is 17.7 Å². The average molecular weight is 364 g/mol. The Morgan fingerprint density at radius 1 is 1.12 bits per heavy atom. The number of furan rings is 1. The van der Waals surface area contributed by atoms with Crippen molar-refractivity contribution in [3.8, 4) is 0 Å². The third kappa shape index (κ3) is 5.17. The third-order valence-electron chi connectivity index (χ3n) is 3.95. The van der Waals surface area contributed by atoms with E-state index in [1.165, 1.54) is 4.31 Å². The monoisotopic (exact) mass is 364 g/mol. The summed E-state index contributed by atoms with van der Waals surface area (Å²) >= 11 is 0. The number of amides is 1. The number of benzene rings is 1. The molecule has 2 aromatic rings. The van der Waals surface area contributed by atoms with E-state index in [1.54, 1.807) is 42.7 Å². The molecule has 0 aliphatic heterocycles. The maximum atomic E-state index is 12.4. The highest BCUT2D eigenvalue weighted by molar-refractivity contribution is 7.89. The van der Waals surface area contributed by atoms with Crippen LogP contribution in [0.2, 0.25) is 0 Å². The molecule has 1 aromatic carbocycles. The summed E-state index contributed by atoms with van der Waals surface area (Å²) < 4.78 is 31.4. The molecule has 7 heteroatoms. The SMILES string of the molecule is CCN(CC)S(=O)(=O)c1ccc(CCC(=O)NCc2ccco2)cc1. The van der Waals surface area contributed by atoms with Gasteiger partial charge in [-0.3, -0.25) is 4.79 Å². The molecule has 25 heavy (non-hydrogen) atoms. The number of hydrogen-bond donors (Lipinski definition) is 1. The van der Waals surface area contributed by atoms with E-state index >= 15 is 0 Å². The lowest BCUT2D eigenvalue weighted by molar-refractivity contribution is -0.121. The van der Waals surface area contributed by atoms with Gasteiger partial charge in [0, 0.05) is 19.5 Å². The molecule has 6 nitrogen and oxygen atoms in total. The van der Waals surface area contributed by atoms with E-state index in [-0.39, 0.29) is 10.8 Å². The molecule has 0 aliphatic carbocycles. The average Bonchev–Trinajstić information content (AvgIpc) is 3.13. The van der Waals surface area contributed by atoms with Gasteiger partial charge >= 0.3 is 0 Å². The van der Waals surface area contributed by atoms with Crippen LogP contribution in [0, 0.1) is 0 Å². The number of rotatable bonds is 9. The number of sulfonamides is 1. The largest absolute Gasteiger partial charge is 0.467 e. The molecule has 136 valence electrons. The summed E-state index contributed by atoms with van der Waals surface area (Å²) in [5.41, 5.74) is 0.923. The Kier molecular flexibility index (Phi) is 6.78. The summed E-state index contributed by atoms with van der Waals surface area (Å²) in [5, 5.41) is 2.79. The first-order chi connectivity index (χ1) is 12.0. The van der Waals surface area contributed by atoms with Crippen molar-refractivity contribution in [2.24, 2.45) is 0 Å². The molecule has 0 spiro atoms. The van der Waals surface area contributed by atoms with Gasteiger partial charge < -0.3 is 9.73 Å². The molecule has 1 aromatic heterocycles. The standard InChI is InChI=1S/C18H24N2O4S/c1-3-20(4-2)25(22,23)17-10-7-15(8-11-17)9-12-18(21)19-14-16-6-5-13-24-16/h5-8,10-11,13H,3-4,9,12,14H2,1-2H3,(H,19,21). The first-order valence-corrected chi connectivity index (χ1v) is 9.79. The second-order valence-corrected chi connectivity index (χ2v) is 7.53. The molecular formula is C18H24N2O4S. The van der Waals surface area contributed by atoms with E-state index in [2.05, 4.69) is 5.32 Å². The molecule has 0 atom stereocenters. The van der Waals surface area contributed by atoms with Gasteiger partial charge in [-0.05, 0) is 36.2 Å². The number of nitrogens with zero attached hydrogens (tertiary/aromatic N) is 1. The second kappa shape index (κ2) is 8.82. The van der Waals surface area contributed by atoms with Crippen LogP contribution < -0.4 is 5.32 Å². The smallest absolute Gasteiger partial charge is 0.243 e. The summed E-state index contributed by atoms with van der Waals surface area (Å²) in [6, 6.07) is 10.3. The minimum absolute atomic E-state index is 0.0729. The van der Waals surface area contributed by atoms with Crippen molar-refractivity contribution in [3.63, 3.8) is 0 Å². The van der Waals surface area contributed by atoms with Crippen LogP contribution in [0.25, 0.3) is 0 Å². The Labute approximate surface area is 148 Å². The van der Waals surface area contributed by atoms with E-state index in [0.29, 0.717) is 38.2 Å². The van der Waals surface area contributed by atoms with Crippen LogP contribution in [-0.4, -0.2) is 31.7 Å². The van der Waals surface area contributed by atoms with Crippen LogP contribution in [0.3, 0.4) is 0 Å². The van der Waals surface area contributed by atoms with Crippen molar-refractivity contribution in [2.75, 3.05) is 13.1 Å².